The van der Waals surface area contributed by atoms with Gasteiger partial charge in [-0.3, -0.25) is 23.4 Å². The molecule has 0 aliphatic rings. The van der Waals surface area contributed by atoms with E-state index >= 15 is 0 Å². The number of phosphoric acid groups is 1. The molecule has 0 saturated carbocycles. The van der Waals surface area contributed by atoms with Crippen molar-refractivity contribution in [3.63, 3.8) is 0 Å². The van der Waals surface area contributed by atoms with Crippen LogP contribution in [0.3, 0.4) is 0 Å². The summed E-state index contributed by atoms with van der Waals surface area (Å²) in [6.07, 6.45) is 51.9. The highest BCUT2D eigenvalue weighted by Gasteiger charge is 2.28. The zero-order valence-corrected chi connectivity index (χ0v) is 42.5. The number of carbonyl (C=O) groups is 3. The van der Waals surface area contributed by atoms with Gasteiger partial charge in [0.1, 0.15) is 12.7 Å². The van der Waals surface area contributed by atoms with E-state index in [1.165, 1.54) is 70.6 Å². The fourth-order valence-corrected chi connectivity index (χ4v) is 7.49. The molecule has 0 amide bonds. The molecule has 0 fully saturated rings. The lowest BCUT2D eigenvalue weighted by Crippen LogP contribution is -2.30. The fourth-order valence-electron chi connectivity index (χ4n) is 6.71. The van der Waals surface area contributed by atoms with Crippen LogP contribution in [-0.4, -0.2) is 66.5 Å². The summed E-state index contributed by atoms with van der Waals surface area (Å²) in [5, 5.41) is 9.75. The highest BCUT2D eigenvalue weighted by molar-refractivity contribution is 7.47. The maximum atomic E-state index is 12.8. The predicted molar refractivity (Wildman–Crippen MR) is 270 cm³/mol. The second kappa shape index (κ2) is 48.4. The maximum Gasteiger partial charge on any atom is 0.472 e. The third-order valence-electron chi connectivity index (χ3n) is 10.6. The Morgan fingerprint density at radius 2 is 0.864 bits per heavy atom. The van der Waals surface area contributed by atoms with Gasteiger partial charge < -0.3 is 24.2 Å². The predicted octanol–water partition coefficient (Wildman–Crippen LogP) is 14.6. The minimum Gasteiger partial charge on any atom is -0.462 e. The highest BCUT2D eigenvalue weighted by atomic mass is 31.2. The molecule has 0 radical (unpaired) electrons. The van der Waals surface area contributed by atoms with Gasteiger partial charge in [0.2, 0.25) is 0 Å². The summed E-state index contributed by atoms with van der Waals surface area (Å²) in [6.45, 7) is 4.35. The monoisotopic (exact) mass is 949 g/mol. The molecule has 0 heterocycles. The minimum atomic E-state index is -4.76. The van der Waals surface area contributed by atoms with Gasteiger partial charge in [0, 0.05) is 12.8 Å². The number of hydrogen-bond acceptors (Lipinski definition) is 10. The Morgan fingerprint density at radius 1 is 0.455 bits per heavy atom. The summed E-state index contributed by atoms with van der Waals surface area (Å²) < 4.78 is 39.2. The van der Waals surface area contributed by atoms with Gasteiger partial charge in [-0.25, -0.2) is 4.57 Å². The number of carbonyl (C=O) groups excluding carboxylic acids is 3. The maximum absolute atomic E-state index is 12.8. The van der Waals surface area contributed by atoms with Crippen molar-refractivity contribution in [3.05, 3.63) is 72.9 Å². The fraction of sp³-hybridized carbons (Fsp3) is 0.722. The molecule has 0 rings (SSSR count). The van der Waals surface area contributed by atoms with Gasteiger partial charge in [0.15, 0.2) is 6.10 Å². The molecule has 0 spiro atoms. The highest BCUT2D eigenvalue weighted by Crippen LogP contribution is 2.43. The van der Waals surface area contributed by atoms with Crippen LogP contribution in [0.1, 0.15) is 213 Å². The molecule has 380 valence electrons. The summed E-state index contributed by atoms with van der Waals surface area (Å²) in [7, 11) is -4.76. The van der Waals surface area contributed by atoms with E-state index in [1.54, 1.807) is 6.08 Å². The number of ether oxygens (including phenoxy) is 3. The van der Waals surface area contributed by atoms with Crippen molar-refractivity contribution >= 4 is 25.7 Å². The molecule has 0 bridgehead atoms. The van der Waals surface area contributed by atoms with E-state index in [1.807, 2.05) is 18.2 Å². The first-order chi connectivity index (χ1) is 32.2. The standard InChI is InChI=1S/C54H93O11P/c1-4-7-10-13-16-19-22-24-25-27-30-33-36-39-42-45-54(58)65-51(47-61-52(56)43-40-37-34-31-29-26-23-20-17-14-11-8-5-2)49-63-66(59,60)62-48-50(46-55)64-53(57)44-41-38-35-32-28-21-18-15-12-9-6-3/h7,10,15-16,18-19,24-25,30,33,39,42,50-51,55H,4-6,8-9,11-14,17,20-23,26-29,31-32,34-38,40-41,43-49H2,1-3H3,(H,59,60)/b10-7-,18-15-,19-16-,25-24-,33-30-,42-39-. The SMILES string of the molecule is CC/C=C\C/C=C\C/C=C\C/C=C\C/C=C\CC(=O)OC(COC(=O)CCCCCCCCCCCCCCC)COP(=O)(O)OCC(CO)OC(=O)CCCCCCC/C=C\CCCC. The van der Waals surface area contributed by atoms with E-state index in [4.69, 9.17) is 23.3 Å². The molecule has 3 unspecified atom stereocenters. The lowest BCUT2D eigenvalue weighted by molar-refractivity contribution is -0.160. The van der Waals surface area contributed by atoms with Gasteiger partial charge in [-0.15, -0.1) is 0 Å². The first kappa shape index (κ1) is 62.9. The van der Waals surface area contributed by atoms with E-state index in [9.17, 15) is 28.9 Å². The molecule has 2 N–H and O–H groups in total. The average Bonchev–Trinajstić information content (AvgIpc) is 3.30. The van der Waals surface area contributed by atoms with Gasteiger partial charge in [-0.05, 0) is 64.2 Å². The smallest absolute Gasteiger partial charge is 0.462 e. The molecular weight excluding hydrogens is 856 g/mol. The van der Waals surface area contributed by atoms with Crippen LogP contribution in [-0.2, 0) is 42.2 Å². The lowest BCUT2D eigenvalue weighted by Gasteiger charge is -2.21. The second-order valence-corrected chi connectivity index (χ2v) is 18.4. The molecule has 0 aliphatic heterocycles. The second-order valence-electron chi connectivity index (χ2n) is 17.0. The molecule has 0 aromatic rings. The molecule has 12 heteroatoms. The van der Waals surface area contributed by atoms with Gasteiger partial charge in [-0.1, -0.05) is 203 Å². The number of phosphoric ester groups is 1. The van der Waals surface area contributed by atoms with E-state index in [0.717, 1.165) is 83.5 Å². The number of rotatable bonds is 47. The number of hydrogen-bond donors (Lipinski definition) is 2. The van der Waals surface area contributed by atoms with Crippen LogP contribution in [0, 0.1) is 0 Å². The summed E-state index contributed by atoms with van der Waals surface area (Å²) in [5.41, 5.74) is 0. The van der Waals surface area contributed by atoms with Crippen LogP contribution in [0.2, 0.25) is 0 Å². The van der Waals surface area contributed by atoms with Crippen LogP contribution in [0.5, 0.6) is 0 Å². The summed E-state index contributed by atoms with van der Waals surface area (Å²) in [6, 6.07) is 0. The number of allylic oxidation sites excluding steroid dienone is 11. The van der Waals surface area contributed by atoms with Crippen molar-refractivity contribution in [2.24, 2.45) is 0 Å². The zero-order valence-electron chi connectivity index (χ0n) is 41.6. The Morgan fingerprint density at radius 3 is 1.36 bits per heavy atom. The normalized spacial score (nSPS) is 14.1. The topological polar surface area (TPSA) is 155 Å². The first-order valence-electron chi connectivity index (χ1n) is 25.8. The Hall–Kier alpha value is -3.08. The average molecular weight is 949 g/mol. The van der Waals surface area contributed by atoms with Crippen molar-refractivity contribution in [2.75, 3.05) is 26.4 Å². The Labute approximate surface area is 401 Å². The summed E-state index contributed by atoms with van der Waals surface area (Å²) >= 11 is 0. The van der Waals surface area contributed by atoms with E-state index in [2.05, 4.69) is 69.4 Å². The third-order valence-corrected chi connectivity index (χ3v) is 11.6. The number of esters is 3. The lowest BCUT2D eigenvalue weighted by atomic mass is 10.0. The Kier molecular flexibility index (Phi) is 46.1. The van der Waals surface area contributed by atoms with Crippen molar-refractivity contribution in [2.45, 2.75) is 226 Å². The largest absolute Gasteiger partial charge is 0.472 e. The summed E-state index contributed by atoms with van der Waals surface area (Å²) in [5.74, 6) is -1.63. The van der Waals surface area contributed by atoms with Crippen molar-refractivity contribution < 1.29 is 52.2 Å². The van der Waals surface area contributed by atoms with Crippen LogP contribution >= 0.6 is 7.82 Å². The van der Waals surface area contributed by atoms with Gasteiger partial charge in [0.25, 0.3) is 0 Å². The van der Waals surface area contributed by atoms with Gasteiger partial charge in [0.05, 0.1) is 26.2 Å². The van der Waals surface area contributed by atoms with Crippen molar-refractivity contribution in [1.29, 1.82) is 0 Å². The first-order valence-corrected chi connectivity index (χ1v) is 27.3. The molecular formula is C54H93O11P. The third kappa shape index (κ3) is 46.0. The Bertz CT molecular complexity index is 1390. The molecule has 0 aromatic carbocycles. The van der Waals surface area contributed by atoms with Crippen LogP contribution in [0.15, 0.2) is 72.9 Å². The number of unbranched alkanes of at least 4 members (excludes halogenated alkanes) is 19. The van der Waals surface area contributed by atoms with Crippen LogP contribution in [0.4, 0.5) is 0 Å². The van der Waals surface area contributed by atoms with Crippen molar-refractivity contribution in [3.8, 4) is 0 Å². The number of aliphatic hydroxyl groups is 1. The molecule has 3 atom stereocenters. The quantitative estimate of drug-likeness (QED) is 0.0197. The molecule has 11 nitrogen and oxygen atoms in total. The molecule has 66 heavy (non-hydrogen) atoms. The molecule has 0 saturated heterocycles. The van der Waals surface area contributed by atoms with E-state index < -0.39 is 57.8 Å². The van der Waals surface area contributed by atoms with Gasteiger partial charge >= 0.3 is 25.7 Å². The molecule has 0 aliphatic carbocycles. The zero-order chi connectivity index (χ0) is 48.4. The van der Waals surface area contributed by atoms with Crippen LogP contribution in [0.25, 0.3) is 0 Å². The number of aliphatic hydroxyl groups excluding tert-OH is 1. The van der Waals surface area contributed by atoms with Crippen molar-refractivity contribution in [1.82, 2.24) is 0 Å². The minimum absolute atomic E-state index is 0.0649. The Balaban J connectivity index is 4.87. The van der Waals surface area contributed by atoms with Gasteiger partial charge in [-0.2, -0.15) is 0 Å². The van der Waals surface area contributed by atoms with E-state index in [-0.39, 0.29) is 25.9 Å². The summed E-state index contributed by atoms with van der Waals surface area (Å²) in [4.78, 5) is 48.2. The van der Waals surface area contributed by atoms with E-state index in [0.29, 0.717) is 19.3 Å². The molecule has 0 aromatic heterocycles. The van der Waals surface area contributed by atoms with Crippen LogP contribution < -0.4 is 0 Å².